The number of halogens is 1. The van der Waals surface area contributed by atoms with E-state index in [1.165, 1.54) is 24.9 Å². The lowest BCUT2D eigenvalue weighted by Gasteiger charge is -2.40. The van der Waals surface area contributed by atoms with E-state index in [2.05, 4.69) is 58.3 Å². The minimum atomic E-state index is 0.491. The van der Waals surface area contributed by atoms with Crippen molar-refractivity contribution in [3.8, 4) is 5.75 Å². The Morgan fingerprint density at radius 1 is 1.45 bits per heavy atom. The second-order valence-corrected chi connectivity index (χ2v) is 6.38. The van der Waals surface area contributed by atoms with Crippen LogP contribution in [-0.4, -0.2) is 38.7 Å². The molecule has 2 unspecified atom stereocenters. The Morgan fingerprint density at radius 2 is 2.25 bits per heavy atom. The van der Waals surface area contributed by atoms with E-state index in [1.807, 2.05) is 0 Å². The Balaban J connectivity index is 2.22. The molecular formula is C16H25BrN2O. The molecule has 2 rings (SSSR count). The molecule has 0 aromatic heterocycles. The molecule has 3 nitrogen and oxygen atoms in total. The van der Waals surface area contributed by atoms with E-state index >= 15 is 0 Å². The molecule has 1 aliphatic heterocycles. The van der Waals surface area contributed by atoms with Crippen LogP contribution in [-0.2, 0) is 0 Å². The van der Waals surface area contributed by atoms with Crippen molar-refractivity contribution in [3.05, 3.63) is 28.2 Å². The molecule has 112 valence electrons. The van der Waals surface area contributed by atoms with Gasteiger partial charge >= 0.3 is 0 Å². The molecule has 1 N–H and O–H groups in total. The maximum atomic E-state index is 5.33. The monoisotopic (exact) mass is 340 g/mol. The summed E-state index contributed by atoms with van der Waals surface area (Å²) in [6, 6.07) is 6.97. The first-order chi connectivity index (χ1) is 9.67. The second kappa shape index (κ2) is 7.43. The van der Waals surface area contributed by atoms with Crippen LogP contribution in [0.4, 0.5) is 0 Å². The number of nitrogens with zero attached hydrogens (tertiary/aromatic N) is 1. The lowest BCUT2D eigenvalue weighted by Crippen LogP contribution is -2.40. The van der Waals surface area contributed by atoms with Gasteiger partial charge in [-0.3, -0.25) is 4.90 Å². The highest BCUT2D eigenvalue weighted by molar-refractivity contribution is 9.10. The standard InChI is InChI=1S/C16H25BrN2O/c1-4-18-11-13-6-5-9-19(2)16(13)12-7-8-15(20-3)14(17)10-12/h7-8,10,13,16,18H,4-6,9,11H2,1-3H3. The average Bonchev–Trinajstić information content (AvgIpc) is 2.45. The van der Waals surface area contributed by atoms with Crippen LogP contribution >= 0.6 is 15.9 Å². The van der Waals surface area contributed by atoms with Crippen molar-refractivity contribution < 1.29 is 4.74 Å². The Labute approximate surface area is 130 Å². The first kappa shape index (κ1) is 15.8. The van der Waals surface area contributed by atoms with Crippen LogP contribution in [0.3, 0.4) is 0 Å². The molecule has 2 atom stereocenters. The van der Waals surface area contributed by atoms with Gasteiger partial charge in [0.05, 0.1) is 11.6 Å². The zero-order valence-corrected chi connectivity index (χ0v) is 14.2. The van der Waals surface area contributed by atoms with Crippen LogP contribution in [0.15, 0.2) is 22.7 Å². The van der Waals surface area contributed by atoms with Crippen molar-refractivity contribution in [2.75, 3.05) is 33.8 Å². The molecule has 0 radical (unpaired) electrons. The van der Waals surface area contributed by atoms with Gasteiger partial charge in [-0.1, -0.05) is 13.0 Å². The topological polar surface area (TPSA) is 24.5 Å². The molecule has 0 saturated carbocycles. The minimum Gasteiger partial charge on any atom is -0.496 e. The fraction of sp³-hybridized carbons (Fsp3) is 0.625. The SMILES string of the molecule is CCNCC1CCCN(C)C1c1ccc(OC)c(Br)c1. The summed E-state index contributed by atoms with van der Waals surface area (Å²) in [5.74, 6) is 1.57. The summed E-state index contributed by atoms with van der Waals surface area (Å²) in [6.07, 6.45) is 2.59. The molecule has 0 spiro atoms. The zero-order chi connectivity index (χ0) is 14.5. The molecule has 0 bridgehead atoms. The van der Waals surface area contributed by atoms with Crippen LogP contribution in [0.1, 0.15) is 31.4 Å². The van der Waals surface area contributed by atoms with Crippen molar-refractivity contribution in [1.82, 2.24) is 10.2 Å². The number of benzene rings is 1. The van der Waals surface area contributed by atoms with Crippen molar-refractivity contribution in [3.63, 3.8) is 0 Å². The fourth-order valence-corrected chi connectivity index (χ4v) is 3.75. The first-order valence-electron chi connectivity index (χ1n) is 7.41. The molecule has 0 amide bonds. The second-order valence-electron chi connectivity index (χ2n) is 5.53. The first-order valence-corrected chi connectivity index (χ1v) is 8.21. The molecule has 1 fully saturated rings. The third kappa shape index (κ3) is 3.54. The third-order valence-corrected chi connectivity index (χ3v) is 4.80. The molecule has 1 aromatic rings. The maximum Gasteiger partial charge on any atom is 0.133 e. The van der Waals surface area contributed by atoms with Crippen LogP contribution < -0.4 is 10.1 Å². The molecule has 1 aromatic carbocycles. The average molecular weight is 341 g/mol. The highest BCUT2D eigenvalue weighted by Gasteiger charge is 2.30. The molecule has 1 aliphatic rings. The number of likely N-dealkylation sites (tertiary alicyclic amines) is 1. The Morgan fingerprint density at radius 3 is 2.90 bits per heavy atom. The van der Waals surface area contributed by atoms with E-state index in [9.17, 15) is 0 Å². The summed E-state index contributed by atoms with van der Waals surface area (Å²) >= 11 is 3.61. The summed E-state index contributed by atoms with van der Waals surface area (Å²) < 4.78 is 6.37. The maximum absolute atomic E-state index is 5.33. The van der Waals surface area contributed by atoms with E-state index in [-0.39, 0.29) is 0 Å². The molecule has 4 heteroatoms. The van der Waals surface area contributed by atoms with Gasteiger partial charge in [0, 0.05) is 6.04 Å². The van der Waals surface area contributed by atoms with Gasteiger partial charge in [0.2, 0.25) is 0 Å². The van der Waals surface area contributed by atoms with Gasteiger partial charge in [0.1, 0.15) is 5.75 Å². The number of ether oxygens (including phenoxy) is 1. The number of hydrogen-bond donors (Lipinski definition) is 1. The fourth-order valence-electron chi connectivity index (χ4n) is 3.20. The minimum absolute atomic E-state index is 0.491. The lowest BCUT2D eigenvalue weighted by molar-refractivity contribution is 0.120. The largest absolute Gasteiger partial charge is 0.496 e. The number of rotatable bonds is 5. The third-order valence-electron chi connectivity index (χ3n) is 4.18. The van der Waals surface area contributed by atoms with Gasteiger partial charge in [-0.2, -0.15) is 0 Å². The van der Waals surface area contributed by atoms with Crippen molar-refractivity contribution in [2.45, 2.75) is 25.8 Å². The summed E-state index contributed by atoms with van der Waals surface area (Å²) in [4.78, 5) is 2.49. The number of hydrogen-bond acceptors (Lipinski definition) is 3. The highest BCUT2D eigenvalue weighted by atomic mass is 79.9. The Kier molecular flexibility index (Phi) is 5.87. The van der Waals surface area contributed by atoms with Crippen LogP contribution in [0.5, 0.6) is 5.75 Å². The number of piperidine rings is 1. The molecular weight excluding hydrogens is 316 g/mol. The van der Waals surface area contributed by atoms with E-state index in [1.54, 1.807) is 7.11 Å². The molecule has 20 heavy (non-hydrogen) atoms. The highest BCUT2D eigenvalue weighted by Crippen LogP contribution is 2.37. The summed E-state index contributed by atoms with van der Waals surface area (Å²) in [5.41, 5.74) is 1.38. The Hall–Kier alpha value is -0.580. The smallest absolute Gasteiger partial charge is 0.133 e. The van der Waals surface area contributed by atoms with Crippen LogP contribution in [0, 0.1) is 5.92 Å². The molecule has 1 heterocycles. The van der Waals surface area contributed by atoms with Gasteiger partial charge < -0.3 is 10.1 Å². The predicted octanol–water partition coefficient (Wildman–Crippen LogP) is 3.45. The van der Waals surface area contributed by atoms with Crippen molar-refractivity contribution in [2.24, 2.45) is 5.92 Å². The number of nitrogens with one attached hydrogen (secondary N) is 1. The van der Waals surface area contributed by atoms with Crippen LogP contribution in [0.2, 0.25) is 0 Å². The van der Waals surface area contributed by atoms with E-state index in [0.29, 0.717) is 12.0 Å². The normalized spacial score (nSPS) is 23.8. The predicted molar refractivity (Wildman–Crippen MR) is 87.3 cm³/mol. The van der Waals surface area contributed by atoms with E-state index in [0.717, 1.165) is 23.3 Å². The van der Waals surface area contributed by atoms with Gasteiger partial charge in [-0.15, -0.1) is 0 Å². The number of methoxy groups -OCH3 is 1. The van der Waals surface area contributed by atoms with Crippen molar-refractivity contribution in [1.29, 1.82) is 0 Å². The molecule has 1 saturated heterocycles. The van der Waals surface area contributed by atoms with Crippen molar-refractivity contribution >= 4 is 15.9 Å². The lowest BCUT2D eigenvalue weighted by atomic mass is 9.85. The van der Waals surface area contributed by atoms with Gasteiger partial charge in [0.25, 0.3) is 0 Å². The van der Waals surface area contributed by atoms with E-state index < -0.39 is 0 Å². The van der Waals surface area contributed by atoms with Crippen LogP contribution in [0.25, 0.3) is 0 Å². The van der Waals surface area contributed by atoms with Gasteiger partial charge in [0.15, 0.2) is 0 Å². The van der Waals surface area contributed by atoms with E-state index in [4.69, 9.17) is 4.74 Å². The van der Waals surface area contributed by atoms with Gasteiger partial charge in [-0.25, -0.2) is 0 Å². The molecule has 0 aliphatic carbocycles. The summed E-state index contributed by atoms with van der Waals surface area (Å²) in [6.45, 7) is 5.48. The zero-order valence-electron chi connectivity index (χ0n) is 12.7. The quantitative estimate of drug-likeness (QED) is 0.888. The van der Waals surface area contributed by atoms with Gasteiger partial charge in [-0.05, 0) is 79.1 Å². The summed E-state index contributed by atoms with van der Waals surface area (Å²) in [7, 11) is 3.95. The Bertz CT molecular complexity index is 438. The summed E-state index contributed by atoms with van der Waals surface area (Å²) in [5, 5.41) is 3.51.